The van der Waals surface area contributed by atoms with Gasteiger partial charge in [0.2, 0.25) is 11.2 Å². The molecule has 4 rings (SSSR count). The van der Waals surface area contributed by atoms with Gasteiger partial charge in [0.05, 0.1) is 19.8 Å². The van der Waals surface area contributed by atoms with E-state index in [0.29, 0.717) is 11.5 Å². The van der Waals surface area contributed by atoms with Crippen LogP contribution in [0.3, 0.4) is 0 Å². The molecule has 7 nitrogen and oxygen atoms in total. The number of ether oxygens (including phenoxy) is 1. The highest BCUT2D eigenvalue weighted by Crippen LogP contribution is 2.37. The Bertz CT molecular complexity index is 679. The largest absolute Gasteiger partial charge is 0.412 e. The Morgan fingerprint density at radius 3 is 2.48 bits per heavy atom. The van der Waals surface area contributed by atoms with Gasteiger partial charge in [-0.1, -0.05) is 13.0 Å². The molecule has 3 heterocycles. The molecular formula is C20H34N2O5. The Morgan fingerprint density at radius 2 is 2.00 bits per heavy atom. The number of β-amino-alcohol motifs (C(OH)–C–C–N with tert-alkyl or cyclic N) is 1. The molecule has 0 saturated carbocycles. The summed E-state index contributed by atoms with van der Waals surface area (Å²) in [5.41, 5.74) is 3.48. The SMILES string of the molecule is CCN(C)[C@H](C)Cc1ccc2ooc2c1.O.OCCN1CCC2(COC2)C1. The lowest BCUT2D eigenvalue weighted by Gasteiger charge is -2.37. The Balaban J connectivity index is 0.000000194. The standard InChI is InChI=1S/C12H17NO2.C8H15NO2.H2O/c1-4-13(3)9(2)7-10-5-6-11-12(8-10)15-14-11;10-4-3-9-2-1-8(5-9)6-11-7-8;/h5-6,8-9H,4,7H2,1-3H3;10H,1-7H2;1H2/t9-;;/m1../s1. The Labute approximate surface area is 161 Å². The fourth-order valence-electron chi connectivity index (χ4n) is 3.66. The van der Waals surface area contributed by atoms with E-state index < -0.39 is 0 Å². The number of fused-ring (bicyclic) bond motifs is 1. The van der Waals surface area contributed by atoms with Crippen LogP contribution >= 0.6 is 0 Å². The van der Waals surface area contributed by atoms with Crippen molar-refractivity contribution in [2.24, 2.45) is 5.41 Å². The van der Waals surface area contributed by atoms with Gasteiger partial charge in [-0.05, 0) is 57.6 Å². The second-order valence-electron chi connectivity index (χ2n) is 7.82. The predicted molar refractivity (Wildman–Crippen MR) is 105 cm³/mol. The quantitative estimate of drug-likeness (QED) is 0.766. The van der Waals surface area contributed by atoms with E-state index in [9.17, 15) is 0 Å². The zero-order valence-corrected chi connectivity index (χ0v) is 16.7. The molecule has 2 aliphatic heterocycles. The summed E-state index contributed by atoms with van der Waals surface area (Å²) in [6.07, 6.45) is 2.30. The molecule has 2 aromatic rings. The highest BCUT2D eigenvalue weighted by molar-refractivity contribution is 5.71. The summed E-state index contributed by atoms with van der Waals surface area (Å²) in [4.78, 5) is 4.65. The second-order valence-corrected chi connectivity index (χ2v) is 7.82. The number of benzene rings is 1. The first-order chi connectivity index (χ1) is 12.5. The molecule has 3 N–H and O–H groups in total. The molecule has 0 radical (unpaired) electrons. The van der Waals surface area contributed by atoms with Gasteiger partial charge >= 0.3 is 0 Å². The molecule has 1 aromatic carbocycles. The van der Waals surface area contributed by atoms with E-state index in [1.165, 1.54) is 12.0 Å². The van der Waals surface area contributed by atoms with Gasteiger partial charge in [0, 0.05) is 24.5 Å². The van der Waals surface area contributed by atoms with Gasteiger partial charge in [0.25, 0.3) is 0 Å². The van der Waals surface area contributed by atoms with E-state index in [0.717, 1.165) is 57.0 Å². The number of aliphatic hydroxyl groups is 1. The van der Waals surface area contributed by atoms with Crippen molar-refractivity contribution >= 4 is 11.2 Å². The molecule has 0 aliphatic carbocycles. The van der Waals surface area contributed by atoms with Crippen LogP contribution in [0.25, 0.3) is 11.2 Å². The highest BCUT2D eigenvalue weighted by atomic mass is 17.0. The first-order valence-electron chi connectivity index (χ1n) is 9.64. The Morgan fingerprint density at radius 1 is 1.26 bits per heavy atom. The van der Waals surface area contributed by atoms with E-state index in [-0.39, 0.29) is 12.1 Å². The van der Waals surface area contributed by atoms with Crippen LogP contribution in [0, 0.1) is 5.41 Å². The third-order valence-electron chi connectivity index (χ3n) is 5.76. The molecule has 1 spiro atoms. The third-order valence-corrected chi connectivity index (χ3v) is 5.76. The number of hydrogen-bond donors (Lipinski definition) is 1. The maximum Gasteiger partial charge on any atom is 0.225 e. The minimum Gasteiger partial charge on any atom is -0.412 e. The van der Waals surface area contributed by atoms with Gasteiger partial charge in [0.15, 0.2) is 0 Å². The number of hydrogen-bond acceptors (Lipinski definition) is 6. The number of likely N-dealkylation sites (tertiary alicyclic amines) is 1. The van der Waals surface area contributed by atoms with Gasteiger partial charge in [-0.25, -0.2) is 0 Å². The maximum absolute atomic E-state index is 8.71. The lowest BCUT2D eigenvalue weighted by molar-refractivity contribution is -0.105. The van der Waals surface area contributed by atoms with Crippen LogP contribution < -0.4 is 0 Å². The topological polar surface area (TPSA) is 93.7 Å². The summed E-state index contributed by atoms with van der Waals surface area (Å²) < 4.78 is 14.9. The molecule has 0 amide bonds. The first kappa shape index (κ1) is 21.9. The molecular weight excluding hydrogens is 348 g/mol. The second kappa shape index (κ2) is 9.71. The van der Waals surface area contributed by atoms with Gasteiger partial charge in [0.1, 0.15) is 0 Å². The van der Waals surface area contributed by atoms with Crippen molar-refractivity contribution in [1.29, 1.82) is 0 Å². The Hall–Kier alpha value is -1.38. The Kier molecular flexibility index (Phi) is 7.88. The zero-order valence-electron chi connectivity index (χ0n) is 16.7. The van der Waals surface area contributed by atoms with Gasteiger partial charge in [-0.15, -0.1) is 0 Å². The molecule has 0 unspecified atom stereocenters. The third kappa shape index (κ3) is 5.33. The molecule has 2 saturated heterocycles. The minimum atomic E-state index is 0. The molecule has 154 valence electrons. The number of rotatable bonds is 6. The molecule has 7 heteroatoms. The number of nitrogens with zero attached hydrogens (tertiary/aromatic N) is 2. The summed E-state index contributed by atoms with van der Waals surface area (Å²) in [5.74, 6) is 0. The first-order valence-corrected chi connectivity index (χ1v) is 9.64. The summed E-state index contributed by atoms with van der Waals surface area (Å²) in [6, 6.07) is 6.67. The molecule has 0 bridgehead atoms. The van der Waals surface area contributed by atoms with Crippen LogP contribution in [0.4, 0.5) is 0 Å². The van der Waals surface area contributed by atoms with E-state index in [2.05, 4.69) is 42.8 Å². The molecule has 2 aliphatic rings. The molecule has 1 atom stereocenters. The van der Waals surface area contributed by atoms with Crippen molar-refractivity contribution in [2.75, 3.05) is 53.0 Å². The monoisotopic (exact) mass is 382 g/mol. The lowest BCUT2D eigenvalue weighted by Crippen LogP contribution is -2.44. The van der Waals surface area contributed by atoms with E-state index in [4.69, 9.17) is 19.0 Å². The van der Waals surface area contributed by atoms with Crippen LogP contribution in [0.2, 0.25) is 0 Å². The zero-order chi connectivity index (χ0) is 18.6. The van der Waals surface area contributed by atoms with Crippen molar-refractivity contribution in [3.8, 4) is 0 Å². The van der Waals surface area contributed by atoms with E-state index in [1.54, 1.807) is 0 Å². The average molecular weight is 383 g/mol. The smallest absolute Gasteiger partial charge is 0.225 e. The maximum atomic E-state index is 8.71. The normalized spacial score (nSPS) is 19.6. The van der Waals surface area contributed by atoms with Gasteiger partial charge < -0.3 is 25.1 Å². The molecule has 2 fully saturated rings. The van der Waals surface area contributed by atoms with Crippen LogP contribution in [0.15, 0.2) is 27.4 Å². The van der Waals surface area contributed by atoms with Crippen molar-refractivity contribution in [3.05, 3.63) is 23.8 Å². The van der Waals surface area contributed by atoms with Crippen molar-refractivity contribution in [1.82, 2.24) is 9.80 Å². The van der Waals surface area contributed by atoms with Gasteiger partial charge in [-0.3, -0.25) is 9.15 Å². The van der Waals surface area contributed by atoms with Crippen LogP contribution in [-0.4, -0.2) is 79.5 Å². The summed E-state index contributed by atoms with van der Waals surface area (Å²) in [6.45, 7) is 10.8. The van der Waals surface area contributed by atoms with E-state index >= 15 is 0 Å². The van der Waals surface area contributed by atoms with Crippen LogP contribution in [0.5, 0.6) is 0 Å². The van der Waals surface area contributed by atoms with Crippen molar-refractivity contribution in [2.45, 2.75) is 32.7 Å². The predicted octanol–water partition coefficient (Wildman–Crippen LogP) is 1.78. The number of likely N-dealkylation sites (N-methyl/N-ethyl adjacent to an activating group) is 1. The minimum absolute atomic E-state index is 0. The molecule has 1 aromatic heterocycles. The number of aliphatic hydroxyl groups excluding tert-OH is 1. The fraction of sp³-hybridized carbons (Fsp3) is 0.700. The van der Waals surface area contributed by atoms with Crippen molar-refractivity contribution in [3.63, 3.8) is 0 Å². The molecule has 27 heavy (non-hydrogen) atoms. The summed E-state index contributed by atoms with van der Waals surface area (Å²) >= 11 is 0. The fourth-order valence-corrected chi connectivity index (χ4v) is 3.66. The highest BCUT2D eigenvalue weighted by Gasteiger charge is 2.43. The van der Waals surface area contributed by atoms with Crippen LogP contribution in [0.1, 0.15) is 25.8 Å². The lowest BCUT2D eigenvalue weighted by atomic mass is 9.85. The average Bonchev–Trinajstić information content (AvgIpc) is 3.02. The van der Waals surface area contributed by atoms with E-state index in [1.807, 2.05) is 6.07 Å². The van der Waals surface area contributed by atoms with Crippen molar-refractivity contribution < 1.29 is 24.5 Å². The van der Waals surface area contributed by atoms with Gasteiger partial charge in [-0.2, -0.15) is 0 Å². The summed E-state index contributed by atoms with van der Waals surface area (Å²) in [7, 11) is 2.14. The van der Waals surface area contributed by atoms with Crippen LogP contribution in [-0.2, 0) is 11.2 Å². The summed E-state index contributed by atoms with van der Waals surface area (Å²) in [5, 5.41) is 8.71.